The molecule has 0 aromatic carbocycles. The van der Waals surface area contributed by atoms with Gasteiger partial charge in [-0.1, -0.05) is 20.8 Å². The highest BCUT2D eigenvalue weighted by molar-refractivity contribution is 5.75. The third-order valence-corrected chi connectivity index (χ3v) is 2.95. The monoisotopic (exact) mass is 212 g/mol. The lowest BCUT2D eigenvalue weighted by molar-refractivity contribution is -0.121. The predicted octanol–water partition coefficient (Wildman–Crippen LogP) is 1.68. The standard InChI is InChI=1S/C12H24N2O/c1-10(2)13-8-4-5-11(15)14-9-12(3)6-7-12/h10,13H,4-9H2,1-3H3,(H,14,15). The summed E-state index contributed by atoms with van der Waals surface area (Å²) in [5, 5.41) is 6.31. The van der Waals surface area contributed by atoms with E-state index < -0.39 is 0 Å². The highest BCUT2D eigenvalue weighted by Gasteiger charge is 2.37. The van der Waals surface area contributed by atoms with Gasteiger partial charge in [-0.05, 0) is 31.2 Å². The van der Waals surface area contributed by atoms with Crippen LogP contribution >= 0.6 is 0 Å². The summed E-state index contributed by atoms with van der Waals surface area (Å²) in [6.07, 6.45) is 4.11. The first-order valence-corrected chi connectivity index (χ1v) is 6.02. The highest BCUT2D eigenvalue weighted by Crippen LogP contribution is 2.43. The van der Waals surface area contributed by atoms with Crippen LogP contribution in [-0.2, 0) is 4.79 Å². The summed E-state index contributed by atoms with van der Waals surface area (Å²) in [5.74, 6) is 0.202. The van der Waals surface area contributed by atoms with Crippen molar-refractivity contribution >= 4 is 5.91 Å². The molecule has 0 aromatic heterocycles. The van der Waals surface area contributed by atoms with E-state index in [1.165, 1.54) is 12.8 Å². The Morgan fingerprint density at radius 1 is 1.40 bits per heavy atom. The van der Waals surface area contributed by atoms with E-state index in [1.54, 1.807) is 0 Å². The Balaban J connectivity index is 1.94. The maximum Gasteiger partial charge on any atom is 0.220 e. The van der Waals surface area contributed by atoms with Gasteiger partial charge in [0.15, 0.2) is 0 Å². The van der Waals surface area contributed by atoms with Gasteiger partial charge in [-0.25, -0.2) is 0 Å². The van der Waals surface area contributed by atoms with E-state index in [2.05, 4.69) is 31.4 Å². The highest BCUT2D eigenvalue weighted by atomic mass is 16.1. The van der Waals surface area contributed by atoms with Gasteiger partial charge in [-0.2, -0.15) is 0 Å². The van der Waals surface area contributed by atoms with Gasteiger partial charge >= 0.3 is 0 Å². The van der Waals surface area contributed by atoms with Gasteiger partial charge < -0.3 is 10.6 Å². The molecule has 0 unspecified atom stereocenters. The molecule has 0 aromatic rings. The Morgan fingerprint density at radius 2 is 2.07 bits per heavy atom. The Hall–Kier alpha value is -0.570. The minimum Gasteiger partial charge on any atom is -0.356 e. The summed E-state index contributed by atoms with van der Waals surface area (Å²) in [6.45, 7) is 8.27. The first-order chi connectivity index (χ1) is 7.02. The molecule has 2 N–H and O–H groups in total. The molecule has 3 nitrogen and oxygen atoms in total. The third kappa shape index (κ3) is 5.78. The van der Waals surface area contributed by atoms with Crippen LogP contribution in [0.3, 0.4) is 0 Å². The summed E-state index contributed by atoms with van der Waals surface area (Å²) in [5.41, 5.74) is 0.422. The molecule has 0 heterocycles. The van der Waals surface area contributed by atoms with Crippen LogP contribution in [0.15, 0.2) is 0 Å². The SMILES string of the molecule is CC(C)NCCCC(=O)NCC1(C)CC1. The van der Waals surface area contributed by atoms with E-state index >= 15 is 0 Å². The van der Waals surface area contributed by atoms with Crippen LogP contribution in [0.2, 0.25) is 0 Å². The molecule has 1 saturated carbocycles. The fraction of sp³-hybridized carbons (Fsp3) is 0.917. The number of carbonyl (C=O) groups excluding carboxylic acids is 1. The number of rotatable bonds is 7. The molecule has 0 bridgehead atoms. The number of hydrogen-bond donors (Lipinski definition) is 2. The van der Waals surface area contributed by atoms with E-state index in [0.29, 0.717) is 17.9 Å². The molecular weight excluding hydrogens is 188 g/mol. The van der Waals surface area contributed by atoms with Crippen LogP contribution in [0, 0.1) is 5.41 Å². The molecule has 1 rings (SSSR count). The smallest absolute Gasteiger partial charge is 0.220 e. The molecule has 0 radical (unpaired) electrons. The first-order valence-electron chi connectivity index (χ1n) is 6.02. The van der Waals surface area contributed by atoms with Crippen molar-refractivity contribution in [2.75, 3.05) is 13.1 Å². The molecule has 0 saturated heterocycles. The fourth-order valence-corrected chi connectivity index (χ4v) is 1.43. The number of amides is 1. The molecule has 0 aliphatic heterocycles. The summed E-state index contributed by atoms with van der Waals surface area (Å²) in [7, 11) is 0. The molecule has 1 fully saturated rings. The van der Waals surface area contributed by atoms with E-state index in [9.17, 15) is 4.79 Å². The van der Waals surface area contributed by atoms with Gasteiger partial charge in [-0.3, -0.25) is 4.79 Å². The van der Waals surface area contributed by atoms with Crippen LogP contribution in [0.1, 0.15) is 46.5 Å². The van der Waals surface area contributed by atoms with Gasteiger partial charge in [0.05, 0.1) is 0 Å². The molecule has 88 valence electrons. The number of carbonyl (C=O) groups is 1. The van der Waals surface area contributed by atoms with Gasteiger partial charge in [0, 0.05) is 19.0 Å². The maximum atomic E-state index is 11.4. The summed E-state index contributed by atoms with van der Waals surface area (Å²) >= 11 is 0. The summed E-state index contributed by atoms with van der Waals surface area (Å²) in [4.78, 5) is 11.4. The molecule has 1 amide bonds. The average molecular weight is 212 g/mol. The van der Waals surface area contributed by atoms with E-state index in [0.717, 1.165) is 19.5 Å². The normalized spacial score (nSPS) is 17.9. The Labute approximate surface area is 93.0 Å². The van der Waals surface area contributed by atoms with E-state index in [4.69, 9.17) is 0 Å². The van der Waals surface area contributed by atoms with Crippen LogP contribution in [0.5, 0.6) is 0 Å². The average Bonchev–Trinajstić information content (AvgIpc) is 2.89. The van der Waals surface area contributed by atoms with Crippen molar-refractivity contribution in [2.24, 2.45) is 5.41 Å². The summed E-state index contributed by atoms with van der Waals surface area (Å²) in [6, 6.07) is 0.512. The fourth-order valence-electron chi connectivity index (χ4n) is 1.43. The number of nitrogens with one attached hydrogen (secondary N) is 2. The molecule has 3 heteroatoms. The Bertz CT molecular complexity index is 210. The zero-order chi connectivity index (χ0) is 11.3. The molecule has 1 aliphatic carbocycles. The lowest BCUT2D eigenvalue weighted by Gasteiger charge is -2.10. The largest absolute Gasteiger partial charge is 0.356 e. The lowest BCUT2D eigenvalue weighted by Crippen LogP contribution is -2.30. The van der Waals surface area contributed by atoms with Crippen LogP contribution in [0.25, 0.3) is 0 Å². The van der Waals surface area contributed by atoms with Crippen molar-refractivity contribution in [1.82, 2.24) is 10.6 Å². The minimum atomic E-state index is 0.202. The Morgan fingerprint density at radius 3 is 2.60 bits per heavy atom. The molecule has 15 heavy (non-hydrogen) atoms. The molecule has 0 spiro atoms. The van der Waals surface area contributed by atoms with Crippen molar-refractivity contribution in [3.05, 3.63) is 0 Å². The van der Waals surface area contributed by atoms with Gasteiger partial charge in [-0.15, -0.1) is 0 Å². The summed E-state index contributed by atoms with van der Waals surface area (Å²) < 4.78 is 0. The Kier molecular flexibility index (Phi) is 4.58. The lowest BCUT2D eigenvalue weighted by atomic mass is 10.1. The van der Waals surface area contributed by atoms with Crippen LogP contribution < -0.4 is 10.6 Å². The van der Waals surface area contributed by atoms with E-state index in [1.807, 2.05) is 0 Å². The predicted molar refractivity (Wildman–Crippen MR) is 62.7 cm³/mol. The van der Waals surface area contributed by atoms with Gasteiger partial charge in [0.25, 0.3) is 0 Å². The minimum absolute atomic E-state index is 0.202. The van der Waals surface area contributed by atoms with E-state index in [-0.39, 0.29) is 5.91 Å². The molecule has 0 atom stereocenters. The van der Waals surface area contributed by atoms with Crippen molar-refractivity contribution in [3.63, 3.8) is 0 Å². The topological polar surface area (TPSA) is 41.1 Å². The van der Waals surface area contributed by atoms with Crippen LogP contribution in [-0.4, -0.2) is 25.0 Å². The zero-order valence-corrected chi connectivity index (χ0v) is 10.2. The quantitative estimate of drug-likeness (QED) is 0.630. The zero-order valence-electron chi connectivity index (χ0n) is 10.2. The van der Waals surface area contributed by atoms with Crippen molar-refractivity contribution < 1.29 is 4.79 Å². The molecular formula is C12H24N2O. The van der Waals surface area contributed by atoms with Crippen molar-refractivity contribution in [1.29, 1.82) is 0 Å². The first kappa shape index (κ1) is 12.5. The number of hydrogen-bond acceptors (Lipinski definition) is 2. The second-order valence-electron chi connectivity index (χ2n) is 5.30. The van der Waals surface area contributed by atoms with Crippen LogP contribution in [0.4, 0.5) is 0 Å². The van der Waals surface area contributed by atoms with Crippen molar-refractivity contribution in [2.45, 2.75) is 52.5 Å². The molecule has 1 aliphatic rings. The van der Waals surface area contributed by atoms with Crippen molar-refractivity contribution in [3.8, 4) is 0 Å². The second kappa shape index (κ2) is 5.50. The third-order valence-electron chi connectivity index (χ3n) is 2.95. The maximum absolute atomic E-state index is 11.4. The van der Waals surface area contributed by atoms with Gasteiger partial charge in [0.2, 0.25) is 5.91 Å². The van der Waals surface area contributed by atoms with Gasteiger partial charge in [0.1, 0.15) is 0 Å². The second-order valence-corrected chi connectivity index (χ2v) is 5.30.